The second kappa shape index (κ2) is 5.15. The van der Waals surface area contributed by atoms with Gasteiger partial charge in [-0.3, -0.25) is 0 Å². The highest BCUT2D eigenvalue weighted by molar-refractivity contribution is 9.10. The molecule has 1 fully saturated rings. The van der Waals surface area contributed by atoms with Crippen molar-refractivity contribution in [2.45, 2.75) is 52.1 Å². The Kier molecular flexibility index (Phi) is 3.99. The van der Waals surface area contributed by atoms with Gasteiger partial charge in [-0.1, -0.05) is 26.7 Å². The molecular formula is C14H21BrO2. The fraction of sp³-hybridized carbons (Fsp3) is 0.714. The molecule has 1 aromatic rings. The largest absolute Gasteiger partial charge is 0.465 e. The van der Waals surface area contributed by atoms with Crippen molar-refractivity contribution in [3.05, 3.63) is 22.6 Å². The number of halogens is 1. The second-order valence-electron chi connectivity index (χ2n) is 5.70. The third kappa shape index (κ3) is 2.60. The zero-order valence-electron chi connectivity index (χ0n) is 10.6. The molecule has 2 rings (SSSR count). The quantitative estimate of drug-likeness (QED) is 0.875. The van der Waals surface area contributed by atoms with Gasteiger partial charge in [-0.2, -0.15) is 0 Å². The summed E-state index contributed by atoms with van der Waals surface area (Å²) in [5, 5.41) is 10.7. The number of hydrogen-bond acceptors (Lipinski definition) is 2. The van der Waals surface area contributed by atoms with Gasteiger partial charge in [0.1, 0.15) is 11.9 Å². The molecule has 0 aliphatic heterocycles. The summed E-state index contributed by atoms with van der Waals surface area (Å²) in [5.41, 5.74) is 0.0224. The summed E-state index contributed by atoms with van der Waals surface area (Å²) in [7, 11) is 0. The molecule has 1 N–H and O–H groups in total. The molecule has 0 amide bonds. The third-order valence-electron chi connectivity index (χ3n) is 3.89. The fourth-order valence-corrected chi connectivity index (χ4v) is 3.68. The molecule has 1 unspecified atom stereocenters. The van der Waals surface area contributed by atoms with Crippen molar-refractivity contribution in [3.8, 4) is 0 Å². The van der Waals surface area contributed by atoms with Crippen molar-refractivity contribution in [2.24, 2.45) is 11.3 Å². The topological polar surface area (TPSA) is 33.4 Å². The van der Waals surface area contributed by atoms with Gasteiger partial charge in [-0.15, -0.1) is 0 Å². The molecule has 1 saturated carbocycles. The predicted octanol–water partition coefficient (Wildman–Crippen LogP) is 4.68. The van der Waals surface area contributed by atoms with E-state index in [2.05, 4.69) is 29.8 Å². The molecule has 1 aliphatic rings. The van der Waals surface area contributed by atoms with Crippen LogP contribution in [0.2, 0.25) is 0 Å². The summed E-state index contributed by atoms with van der Waals surface area (Å²) in [6.07, 6.45) is 6.90. The molecular weight excluding hydrogens is 280 g/mol. The molecule has 0 spiro atoms. The Labute approximate surface area is 112 Å². The van der Waals surface area contributed by atoms with Crippen molar-refractivity contribution in [2.75, 3.05) is 0 Å². The average molecular weight is 301 g/mol. The minimum Gasteiger partial charge on any atom is -0.465 e. The van der Waals surface area contributed by atoms with E-state index in [0.29, 0.717) is 11.7 Å². The molecule has 0 radical (unpaired) electrons. The highest BCUT2D eigenvalue weighted by Crippen LogP contribution is 2.52. The summed E-state index contributed by atoms with van der Waals surface area (Å²) in [4.78, 5) is 0. The predicted molar refractivity (Wildman–Crippen MR) is 71.7 cm³/mol. The minimum atomic E-state index is -0.475. The molecule has 0 saturated heterocycles. The first-order chi connectivity index (χ1) is 8.05. The van der Waals surface area contributed by atoms with Crippen molar-refractivity contribution in [1.82, 2.24) is 0 Å². The molecule has 96 valence electrons. The van der Waals surface area contributed by atoms with Crippen LogP contribution >= 0.6 is 15.9 Å². The van der Waals surface area contributed by atoms with Gasteiger partial charge in [0.15, 0.2) is 0 Å². The van der Waals surface area contributed by atoms with Crippen LogP contribution in [0.5, 0.6) is 0 Å². The summed E-state index contributed by atoms with van der Waals surface area (Å²) >= 11 is 3.45. The molecule has 3 heteroatoms. The van der Waals surface area contributed by atoms with E-state index < -0.39 is 6.10 Å². The van der Waals surface area contributed by atoms with E-state index in [9.17, 15) is 5.11 Å². The summed E-state index contributed by atoms with van der Waals surface area (Å²) in [6.45, 7) is 4.45. The Morgan fingerprint density at radius 3 is 2.53 bits per heavy atom. The van der Waals surface area contributed by atoms with Gasteiger partial charge >= 0.3 is 0 Å². The van der Waals surface area contributed by atoms with Crippen LogP contribution in [0.25, 0.3) is 0 Å². The van der Waals surface area contributed by atoms with Crippen molar-refractivity contribution in [1.29, 1.82) is 0 Å². The maximum absolute atomic E-state index is 10.7. The van der Waals surface area contributed by atoms with Gasteiger partial charge in [0.25, 0.3) is 0 Å². The molecule has 0 bridgehead atoms. The second-order valence-corrected chi connectivity index (χ2v) is 6.56. The van der Waals surface area contributed by atoms with Crippen LogP contribution in [0.1, 0.15) is 57.8 Å². The summed E-state index contributed by atoms with van der Waals surface area (Å²) in [6, 6.07) is 1.86. The Bertz CT molecular complexity index is 364. The van der Waals surface area contributed by atoms with Gasteiger partial charge in [0.2, 0.25) is 0 Å². The average Bonchev–Trinajstić information content (AvgIpc) is 2.86. The first-order valence-electron chi connectivity index (χ1n) is 6.46. The van der Waals surface area contributed by atoms with Crippen LogP contribution in [0.3, 0.4) is 0 Å². The van der Waals surface area contributed by atoms with Crippen LogP contribution in [0.15, 0.2) is 21.2 Å². The fourth-order valence-electron chi connectivity index (χ4n) is 3.26. The van der Waals surface area contributed by atoms with E-state index in [-0.39, 0.29) is 5.41 Å². The van der Waals surface area contributed by atoms with Crippen LogP contribution in [0, 0.1) is 11.3 Å². The Hall–Kier alpha value is -0.280. The lowest BCUT2D eigenvalue weighted by atomic mass is 9.73. The van der Waals surface area contributed by atoms with E-state index in [4.69, 9.17) is 4.42 Å². The first kappa shape index (κ1) is 13.2. The van der Waals surface area contributed by atoms with E-state index in [1.807, 2.05) is 6.07 Å². The molecule has 0 aromatic carbocycles. The van der Waals surface area contributed by atoms with E-state index >= 15 is 0 Å². The smallest absolute Gasteiger partial charge is 0.146 e. The lowest BCUT2D eigenvalue weighted by molar-refractivity contribution is -0.00426. The van der Waals surface area contributed by atoms with Gasteiger partial charge in [0.05, 0.1) is 10.7 Å². The Morgan fingerprint density at radius 2 is 2.06 bits per heavy atom. The monoisotopic (exact) mass is 300 g/mol. The first-order valence-corrected chi connectivity index (χ1v) is 7.25. The molecule has 1 heterocycles. The number of aliphatic hydroxyl groups is 1. The Morgan fingerprint density at radius 1 is 1.41 bits per heavy atom. The normalized spacial score (nSPS) is 21.0. The van der Waals surface area contributed by atoms with Gasteiger partial charge in [0, 0.05) is 5.41 Å². The molecule has 1 aromatic heterocycles. The number of aliphatic hydroxyl groups excluding tert-OH is 1. The number of furan rings is 1. The van der Waals surface area contributed by atoms with Gasteiger partial charge in [-0.25, -0.2) is 0 Å². The molecule has 2 nitrogen and oxygen atoms in total. The van der Waals surface area contributed by atoms with E-state index in [1.54, 1.807) is 6.26 Å². The maximum Gasteiger partial charge on any atom is 0.146 e. The van der Waals surface area contributed by atoms with Crippen molar-refractivity contribution in [3.63, 3.8) is 0 Å². The van der Waals surface area contributed by atoms with E-state index in [1.165, 1.54) is 12.8 Å². The summed E-state index contributed by atoms with van der Waals surface area (Å²) in [5.74, 6) is 1.31. The molecule has 17 heavy (non-hydrogen) atoms. The Balaban J connectivity index is 2.24. The van der Waals surface area contributed by atoms with Crippen LogP contribution in [-0.4, -0.2) is 5.11 Å². The SMILES string of the molecule is CC(C)CC1(C(O)c2occc2Br)CCCC1. The van der Waals surface area contributed by atoms with Gasteiger partial charge < -0.3 is 9.52 Å². The highest BCUT2D eigenvalue weighted by atomic mass is 79.9. The van der Waals surface area contributed by atoms with Crippen molar-refractivity contribution >= 4 is 15.9 Å². The highest BCUT2D eigenvalue weighted by Gasteiger charge is 2.43. The third-order valence-corrected chi connectivity index (χ3v) is 4.54. The minimum absolute atomic E-state index is 0.0224. The zero-order valence-corrected chi connectivity index (χ0v) is 12.2. The van der Waals surface area contributed by atoms with Crippen molar-refractivity contribution < 1.29 is 9.52 Å². The molecule has 1 atom stereocenters. The van der Waals surface area contributed by atoms with Crippen LogP contribution < -0.4 is 0 Å². The van der Waals surface area contributed by atoms with E-state index in [0.717, 1.165) is 23.7 Å². The zero-order chi connectivity index (χ0) is 12.5. The van der Waals surface area contributed by atoms with Gasteiger partial charge in [-0.05, 0) is 47.2 Å². The van der Waals surface area contributed by atoms with Crippen LogP contribution in [-0.2, 0) is 0 Å². The maximum atomic E-state index is 10.7. The standard InChI is InChI=1S/C14H21BrO2/c1-10(2)9-14(6-3-4-7-14)13(16)12-11(15)5-8-17-12/h5,8,10,13,16H,3-4,6-7,9H2,1-2H3. The summed E-state index contributed by atoms with van der Waals surface area (Å²) < 4.78 is 6.34. The lowest BCUT2D eigenvalue weighted by Gasteiger charge is -2.35. The lowest BCUT2D eigenvalue weighted by Crippen LogP contribution is -2.27. The molecule has 1 aliphatic carbocycles. The van der Waals surface area contributed by atoms with Crippen LogP contribution in [0.4, 0.5) is 0 Å². The number of hydrogen-bond donors (Lipinski definition) is 1. The number of rotatable bonds is 4.